The van der Waals surface area contributed by atoms with Gasteiger partial charge in [0.05, 0.1) is 36.3 Å². The van der Waals surface area contributed by atoms with Crippen molar-refractivity contribution in [3.63, 3.8) is 0 Å². The van der Waals surface area contributed by atoms with Gasteiger partial charge in [-0.15, -0.1) is 0 Å². The number of hydrogen-bond donors (Lipinski definition) is 0. The van der Waals surface area contributed by atoms with Crippen LogP contribution in [-0.2, 0) is 6.61 Å². The van der Waals surface area contributed by atoms with E-state index >= 15 is 0 Å². The minimum Gasteiger partial charge on any atom is -0.489 e. The van der Waals surface area contributed by atoms with Crippen molar-refractivity contribution in [1.82, 2.24) is 19.6 Å². The lowest BCUT2D eigenvalue weighted by Crippen LogP contribution is -1.96. The summed E-state index contributed by atoms with van der Waals surface area (Å²) in [5, 5.41) is 4.68. The average molecular weight is 444 g/mol. The van der Waals surface area contributed by atoms with Gasteiger partial charge in [0, 0.05) is 22.9 Å². The lowest BCUT2D eigenvalue weighted by Gasteiger charge is -2.09. The highest BCUT2D eigenvalue weighted by Gasteiger charge is 2.11. The van der Waals surface area contributed by atoms with Gasteiger partial charge in [0.2, 0.25) is 0 Å². The summed E-state index contributed by atoms with van der Waals surface area (Å²) in [6, 6.07) is 26.1. The van der Waals surface area contributed by atoms with E-state index in [1.54, 1.807) is 18.7 Å². The minimum atomic E-state index is 0.526. The summed E-state index contributed by atoms with van der Waals surface area (Å²) in [7, 11) is 0. The summed E-state index contributed by atoms with van der Waals surface area (Å²) in [4.78, 5) is 9.05. The van der Waals surface area contributed by atoms with Crippen LogP contribution >= 0.6 is 0 Å². The first-order valence-corrected chi connectivity index (χ1v) is 10.9. The fourth-order valence-corrected chi connectivity index (χ4v) is 3.90. The number of nitrogens with zero attached hydrogens (tertiary/aromatic N) is 4. The Balaban J connectivity index is 1.28. The van der Waals surface area contributed by atoms with E-state index in [1.807, 2.05) is 83.6 Å². The van der Waals surface area contributed by atoms with Crippen LogP contribution in [0.5, 0.6) is 5.75 Å². The van der Waals surface area contributed by atoms with Gasteiger partial charge in [0.1, 0.15) is 12.4 Å². The zero-order chi connectivity index (χ0) is 22.7. The first-order chi connectivity index (χ1) is 16.8. The maximum atomic E-state index is 5.99. The van der Waals surface area contributed by atoms with Crippen LogP contribution in [0, 0.1) is 0 Å². The molecule has 4 heterocycles. The quantitative estimate of drug-likeness (QED) is 0.302. The molecule has 0 saturated carbocycles. The van der Waals surface area contributed by atoms with E-state index in [2.05, 4.69) is 27.2 Å². The Morgan fingerprint density at radius 2 is 1.71 bits per heavy atom. The molecular formula is C28H20N4O2. The Bertz CT molecular complexity index is 1560. The summed E-state index contributed by atoms with van der Waals surface area (Å²) in [6.07, 6.45) is 8.80. The Labute approximate surface area is 196 Å². The number of fused-ring (bicyclic) bond motifs is 1. The van der Waals surface area contributed by atoms with Gasteiger partial charge in [0.15, 0.2) is 5.65 Å². The number of furan rings is 1. The molecule has 2 aromatic carbocycles. The molecule has 0 atom stereocenters. The first kappa shape index (κ1) is 19.9. The van der Waals surface area contributed by atoms with E-state index in [0.717, 1.165) is 50.6 Å². The summed E-state index contributed by atoms with van der Waals surface area (Å²) in [5.74, 6) is 0.814. The molecule has 0 aliphatic heterocycles. The molecule has 0 saturated heterocycles. The second-order valence-corrected chi connectivity index (χ2v) is 7.90. The van der Waals surface area contributed by atoms with Crippen LogP contribution in [0.2, 0.25) is 0 Å². The van der Waals surface area contributed by atoms with Gasteiger partial charge in [0.25, 0.3) is 0 Å². The number of aromatic nitrogens is 4. The fraction of sp³-hybridized carbons (Fsp3) is 0.0357. The lowest BCUT2D eigenvalue weighted by molar-refractivity contribution is 0.306. The maximum Gasteiger partial charge on any atom is 0.154 e. The van der Waals surface area contributed by atoms with Gasteiger partial charge in [-0.2, -0.15) is 5.10 Å². The molecule has 0 radical (unpaired) electrons. The molecular weight excluding hydrogens is 424 g/mol. The van der Waals surface area contributed by atoms with Crippen LogP contribution < -0.4 is 4.74 Å². The second kappa shape index (κ2) is 8.67. The highest BCUT2D eigenvalue weighted by Crippen LogP contribution is 2.28. The standard InChI is InChI=1S/C28H20N4O2/c1-2-5-20(6-3-1)18-34-25-8-4-7-21(13-25)24-15-28-30-17-27(32(28)31-16-24)22-9-11-29-26(14-22)23-10-12-33-19-23/h1-17,19H,18H2. The highest BCUT2D eigenvalue weighted by molar-refractivity contribution is 5.72. The van der Waals surface area contributed by atoms with Crippen LogP contribution in [0.3, 0.4) is 0 Å². The molecule has 6 rings (SSSR count). The zero-order valence-corrected chi connectivity index (χ0v) is 18.2. The molecule has 34 heavy (non-hydrogen) atoms. The van der Waals surface area contributed by atoms with Crippen LogP contribution in [0.25, 0.3) is 39.3 Å². The molecule has 0 aliphatic carbocycles. The number of benzene rings is 2. The van der Waals surface area contributed by atoms with E-state index in [-0.39, 0.29) is 0 Å². The summed E-state index contributed by atoms with van der Waals surface area (Å²) < 4.78 is 13.0. The minimum absolute atomic E-state index is 0.526. The van der Waals surface area contributed by atoms with E-state index in [0.29, 0.717) is 6.61 Å². The van der Waals surface area contributed by atoms with Crippen molar-refractivity contribution in [2.45, 2.75) is 6.61 Å². The third kappa shape index (κ3) is 3.93. The smallest absolute Gasteiger partial charge is 0.154 e. The predicted molar refractivity (Wildman–Crippen MR) is 130 cm³/mol. The van der Waals surface area contributed by atoms with E-state index in [1.165, 1.54) is 0 Å². The summed E-state index contributed by atoms with van der Waals surface area (Å²) >= 11 is 0. The van der Waals surface area contributed by atoms with E-state index in [9.17, 15) is 0 Å². The van der Waals surface area contributed by atoms with Crippen molar-refractivity contribution in [1.29, 1.82) is 0 Å². The number of imidazole rings is 1. The SMILES string of the molecule is c1ccc(COc2cccc(-c3cnn4c(-c5ccnc(-c6ccoc6)c5)cnc4c3)c2)cc1. The van der Waals surface area contributed by atoms with Crippen LogP contribution in [0.4, 0.5) is 0 Å². The van der Waals surface area contributed by atoms with Gasteiger partial charge in [-0.3, -0.25) is 4.98 Å². The fourth-order valence-electron chi connectivity index (χ4n) is 3.90. The van der Waals surface area contributed by atoms with Crippen molar-refractivity contribution in [3.05, 3.63) is 116 Å². The Morgan fingerprint density at radius 3 is 2.59 bits per heavy atom. The topological polar surface area (TPSA) is 65.5 Å². The molecule has 164 valence electrons. The van der Waals surface area contributed by atoms with Crippen molar-refractivity contribution in [2.24, 2.45) is 0 Å². The highest BCUT2D eigenvalue weighted by atomic mass is 16.5. The van der Waals surface area contributed by atoms with Gasteiger partial charge in [-0.05, 0) is 47.5 Å². The third-order valence-electron chi connectivity index (χ3n) is 5.65. The Kier molecular flexibility index (Phi) is 5.09. The van der Waals surface area contributed by atoms with Gasteiger partial charge in [-0.1, -0.05) is 42.5 Å². The summed E-state index contributed by atoms with van der Waals surface area (Å²) in [6.45, 7) is 0.526. The molecule has 6 aromatic rings. The third-order valence-corrected chi connectivity index (χ3v) is 5.65. The van der Waals surface area contributed by atoms with Crippen LogP contribution in [0.1, 0.15) is 5.56 Å². The normalized spacial score (nSPS) is 11.1. The van der Waals surface area contributed by atoms with Gasteiger partial charge in [-0.25, -0.2) is 9.50 Å². The molecule has 0 N–H and O–H groups in total. The van der Waals surface area contributed by atoms with Gasteiger partial charge >= 0.3 is 0 Å². The molecule has 6 nitrogen and oxygen atoms in total. The number of ether oxygens (including phenoxy) is 1. The average Bonchev–Trinajstić information content (AvgIpc) is 3.59. The Morgan fingerprint density at radius 1 is 0.765 bits per heavy atom. The van der Waals surface area contributed by atoms with Gasteiger partial charge < -0.3 is 9.15 Å². The number of hydrogen-bond acceptors (Lipinski definition) is 5. The predicted octanol–water partition coefficient (Wildman–Crippen LogP) is 6.30. The Hall–Kier alpha value is -4.71. The number of rotatable bonds is 6. The van der Waals surface area contributed by atoms with Crippen LogP contribution in [-0.4, -0.2) is 19.6 Å². The molecule has 6 heteroatoms. The van der Waals surface area contributed by atoms with E-state index < -0.39 is 0 Å². The molecule has 0 unspecified atom stereocenters. The summed E-state index contributed by atoms with van der Waals surface area (Å²) in [5.41, 5.74) is 7.55. The molecule has 0 bridgehead atoms. The molecule has 0 fully saturated rings. The monoisotopic (exact) mass is 444 g/mol. The van der Waals surface area contributed by atoms with Crippen molar-refractivity contribution in [2.75, 3.05) is 0 Å². The second-order valence-electron chi connectivity index (χ2n) is 7.90. The molecule has 0 aliphatic rings. The van der Waals surface area contributed by atoms with Crippen molar-refractivity contribution >= 4 is 5.65 Å². The molecule has 0 spiro atoms. The number of pyridine rings is 1. The van der Waals surface area contributed by atoms with Crippen LogP contribution in [0.15, 0.2) is 114 Å². The molecule has 0 amide bonds. The van der Waals surface area contributed by atoms with E-state index in [4.69, 9.17) is 9.15 Å². The lowest BCUT2D eigenvalue weighted by atomic mass is 10.1. The maximum absolute atomic E-state index is 5.99. The van der Waals surface area contributed by atoms with Crippen molar-refractivity contribution < 1.29 is 9.15 Å². The largest absolute Gasteiger partial charge is 0.489 e. The molecule has 4 aromatic heterocycles. The van der Waals surface area contributed by atoms with Crippen molar-refractivity contribution in [3.8, 4) is 39.4 Å². The zero-order valence-electron chi connectivity index (χ0n) is 18.2. The first-order valence-electron chi connectivity index (χ1n) is 10.9.